The standard InChI is InChI=1S/C11H13Cl2NO2/c1-8(13)11(15)14(7-12)9-5-3-4-6-10(9)16-2/h3-6,8H,7H2,1-2H3. The number of amides is 1. The number of carbonyl (C=O) groups is 1. The molecule has 1 amide bonds. The molecule has 1 aromatic rings. The van der Waals surface area contributed by atoms with E-state index in [2.05, 4.69) is 0 Å². The first-order chi connectivity index (χ1) is 7.61. The van der Waals surface area contributed by atoms with Crippen LogP contribution in [0.1, 0.15) is 6.92 Å². The minimum Gasteiger partial charge on any atom is -0.495 e. The van der Waals surface area contributed by atoms with Gasteiger partial charge in [0, 0.05) is 0 Å². The van der Waals surface area contributed by atoms with Gasteiger partial charge in [-0.05, 0) is 19.1 Å². The molecule has 0 aliphatic rings. The van der Waals surface area contributed by atoms with Crippen LogP contribution in [0.4, 0.5) is 5.69 Å². The number of ether oxygens (including phenoxy) is 1. The number of para-hydroxylation sites is 2. The van der Waals surface area contributed by atoms with Gasteiger partial charge in [0.1, 0.15) is 17.1 Å². The Kier molecular flexibility index (Phi) is 4.90. The Hall–Kier alpha value is -0.930. The monoisotopic (exact) mass is 261 g/mol. The van der Waals surface area contributed by atoms with E-state index in [1.165, 1.54) is 4.90 Å². The molecule has 0 N–H and O–H groups in total. The van der Waals surface area contributed by atoms with Crippen LogP contribution >= 0.6 is 23.2 Å². The maximum atomic E-state index is 11.8. The quantitative estimate of drug-likeness (QED) is 0.616. The van der Waals surface area contributed by atoms with Crippen molar-refractivity contribution in [3.63, 3.8) is 0 Å². The summed E-state index contributed by atoms with van der Waals surface area (Å²) < 4.78 is 5.16. The number of nitrogens with zero attached hydrogens (tertiary/aromatic N) is 1. The molecule has 0 saturated heterocycles. The molecule has 0 bridgehead atoms. The van der Waals surface area contributed by atoms with Gasteiger partial charge in [-0.1, -0.05) is 12.1 Å². The second-order valence-electron chi connectivity index (χ2n) is 3.17. The van der Waals surface area contributed by atoms with Crippen molar-refractivity contribution in [1.82, 2.24) is 0 Å². The van der Waals surface area contributed by atoms with Crippen LogP contribution in [-0.2, 0) is 4.79 Å². The average molecular weight is 262 g/mol. The molecule has 0 saturated carbocycles. The molecule has 0 fully saturated rings. The van der Waals surface area contributed by atoms with Crippen LogP contribution in [0, 0.1) is 0 Å². The highest BCUT2D eigenvalue weighted by atomic mass is 35.5. The van der Waals surface area contributed by atoms with Gasteiger partial charge in [-0.15, -0.1) is 23.2 Å². The molecule has 88 valence electrons. The molecule has 0 aliphatic carbocycles. The van der Waals surface area contributed by atoms with Crippen LogP contribution in [-0.4, -0.2) is 24.4 Å². The first-order valence-electron chi connectivity index (χ1n) is 4.76. The Morgan fingerprint density at radius 2 is 2.12 bits per heavy atom. The number of hydrogen-bond acceptors (Lipinski definition) is 2. The van der Waals surface area contributed by atoms with Crippen LogP contribution in [0.2, 0.25) is 0 Å². The molecule has 1 unspecified atom stereocenters. The van der Waals surface area contributed by atoms with Crippen LogP contribution in [0.25, 0.3) is 0 Å². The van der Waals surface area contributed by atoms with Crippen LogP contribution in [0.15, 0.2) is 24.3 Å². The minimum absolute atomic E-state index is 0.0380. The van der Waals surface area contributed by atoms with E-state index in [0.717, 1.165) is 0 Å². The van der Waals surface area contributed by atoms with E-state index in [-0.39, 0.29) is 11.9 Å². The van der Waals surface area contributed by atoms with E-state index < -0.39 is 5.38 Å². The third-order valence-electron chi connectivity index (χ3n) is 2.10. The predicted octanol–water partition coefficient (Wildman–Crippen LogP) is 2.85. The first kappa shape index (κ1) is 13.1. The Labute approximate surface area is 105 Å². The second kappa shape index (κ2) is 5.97. The summed E-state index contributed by atoms with van der Waals surface area (Å²) in [6, 6.07) is 7.20. The summed E-state index contributed by atoms with van der Waals surface area (Å²) in [6.45, 7) is 1.61. The molecule has 16 heavy (non-hydrogen) atoms. The van der Waals surface area contributed by atoms with Crippen molar-refractivity contribution in [3.8, 4) is 5.75 Å². The summed E-state index contributed by atoms with van der Waals surface area (Å²) in [4.78, 5) is 13.2. The molecule has 0 heterocycles. The number of rotatable bonds is 4. The van der Waals surface area contributed by atoms with Crippen molar-refractivity contribution < 1.29 is 9.53 Å². The van der Waals surface area contributed by atoms with Gasteiger partial charge in [0.15, 0.2) is 0 Å². The first-order valence-corrected chi connectivity index (χ1v) is 5.73. The summed E-state index contributed by atoms with van der Waals surface area (Å²) in [5.41, 5.74) is 0.623. The van der Waals surface area contributed by atoms with Crippen molar-refractivity contribution >= 4 is 34.8 Å². The normalized spacial score (nSPS) is 12.0. The Balaban J connectivity index is 3.08. The highest BCUT2D eigenvalue weighted by Gasteiger charge is 2.21. The smallest absolute Gasteiger partial charge is 0.245 e. The fourth-order valence-corrected chi connectivity index (χ4v) is 1.67. The largest absolute Gasteiger partial charge is 0.495 e. The molecule has 0 radical (unpaired) electrons. The van der Waals surface area contributed by atoms with Gasteiger partial charge >= 0.3 is 0 Å². The van der Waals surface area contributed by atoms with Gasteiger partial charge < -0.3 is 4.74 Å². The summed E-state index contributed by atoms with van der Waals surface area (Å²) in [5, 5.41) is -0.622. The number of halogens is 2. The van der Waals surface area contributed by atoms with Gasteiger partial charge in [0.2, 0.25) is 5.91 Å². The van der Waals surface area contributed by atoms with Crippen LogP contribution in [0.3, 0.4) is 0 Å². The van der Waals surface area contributed by atoms with Crippen LogP contribution < -0.4 is 9.64 Å². The maximum absolute atomic E-state index is 11.8. The molecule has 1 atom stereocenters. The minimum atomic E-state index is -0.622. The van der Waals surface area contributed by atoms with Crippen molar-refractivity contribution in [2.45, 2.75) is 12.3 Å². The van der Waals surface area contributed by atoms with Gasteiger partial charge in [-0.25, -0.2) is 0 Å². The predicted molar refractivity (Wildman–Crippen MR) is 66.5 cm³/mol. The number of methoxy groups -OCH3 is 1. The van der Waals surface area contributed by atoms with Crippen molar-refractivity contribution in [1.29, 1.82) is 0 Å². The van der Waals surface area contributed by atoms with Crippen molar-refractivity contribution in [2.75, 3.05) is 18.0 Å². The highest BCUT2D eigenvalue weighted by Crippen LogP contribution is 2.28. The fourth-order valence-electron chi connectivity index (χ4n) is 1.31. The lowest BCUT2D eigenvalue weighted by Crippen LogP contribution is -2.35. The summed E-state index contributed by atoms with van der Waals surface area (Å²) in [7, 11) is 1.54. The van der Waals surface area contributed by atoms with E-state index in [1.54, 1.807) is 26.2 Å². The number of benzene rings is 1. The highest BCUT2D eigenvalue weighted by molar-refractivity contribution is 6.34. The van der Waals surface area contributed by atoms with E-state index in [1.807, 2.05) is 12.1 Å². The lowest BCUT2D eigenvalue weighted by molar-refractivity contribution is -0.117. The summed E-state index contributed by atoms with van der Waals surface area (Å²) in [5.74, 6) is 0.343. The average Bonchev–Trinajstić information content (AvgIpc) is 2.30. The van der Waals surface area contributed by atoms with Crippen molar-refractivity contribution in [3.05, 3.63) is 24.3 Å². The fraction of sp³-hybridized carbons (Fsp3) is 0.364. The molecule has 0 aromatic heterocycles. The van der Waals surface area contributed by atoms with Crippen LogP contribution in [0.5, 0.6) is 5.75 Å². The second-order valence-corrected chi connectivity index (χ2v) is 4.07. The molecule has 1 rings (SSSR count). The third kappa shape index (κ3) is 2.80. The Bertz CT molecular complexity index is 369. The zero-order chi connectivity index (χ0) is 12.1. The molecular formula is C11H13Cl2NO2. The number of alkyl halides is 2. The summed E-state index contributed by atoms with van der Waals surface area (Å²) in [6.07, 6.45) is 0. The lowest BCUT2D eigenvalue weighted by atomic mass is 10.2. The lowest BCUT2D eigenvalue weighted by Gasteiger charge is -2.22. The zero-order valence-electron chi connectivity index (χ0n) is 9.11. The maximum Gasteiger partial charge on any atom is 0.245 e. The van der Waals surface area contributed by atoms with E-state index >= 15 is 0 Å². The molecule has 1 aromatic carbocycles. The van der Waals surface area contributed by atoms with E-state index in [4.69, 9.17) is 27.9 Å². The van der Waals surface area contributed by atoms with Gasteiger partial charge in [-0.3, -0.25) is 9.69 Å². The molecule has 0 spiro atoms. The number of anilines is 1. The number of hydrogen-bond donors (Lipinski definition) is 0. The Morgan fingerprint density at radius 1 is 1.50 bits per heavy atom. The topological polar surface area (TPSA) is 29.5 Å². The molecule has 5 heteroatoms. The summed E-state index contributed by atoms with van der Waals surface area (Å²) >= 11 is 11.5. The molecular weight excluding hydrogens is 249 g/mol. The third-order valence-corrected chi connectivity index (χ3v) is 2.53. The van der Waals surface area contributed by atoms with Crippen molar-refractivity contribution in [2.24, 2.45) is 0 Å². The zero-order valence-corrected chi connectivity index (χ0v) is 10.6. The van der Waals surface area contributed by atoms with Gasteiger partial charge in [0.05, 0.1) is 12.8 Å². The number of carbonyl (C=O) groups excluding carboxylic acids is 1. The SMILES string of the molecule is COc1ccccc1N(CCl)C(=O)C(C)Cl. The Morgan fingerprint density at radius 3 is 2.62 bits per heavy atom. The molecule has 3 nitrogen and oxygen atoms in total. The van der Waals surface area contributed by atoms with Gasteiger partial charge in [0.25, 0.3) is 0 Å². The van der Waals surface area contributed by atoms with E-state index in [9.17, 15) is 4.79 Å². The van der Waals surface area contributed by atoms with E-state index in [0.29, 0.717) is 11.4 Å². The molecule has 0 aliphatic heterocycles. The van der Waals surface area contributed by atoms with Gasteiger partial charge in [-0.2, -0.15) is 0 Å².